The number of nitrogens with two attached hydrogens (primary N) is 1. The normalized spacial score (nSPS) is 14.7. The SMILES string of the molecule is COCc1nnc(-c2cc(C(=O)N3CCC(c4ccc(N)cc4)CC3)c(C)cc2C)[nH]1. The summed E-state index contributed by atoms with van der Waals surface area (Å²) >= 11 is 0. The van der Waals surface area contributed by atoms with Crippen molar-refractivity contribution in [1.82, 2.24) is 20.1 Å². The molecule has 2 heterocycles. The summed E-state index contributed by atoms with van der Waals surface area (Å²) < 4.78 is 5.11. The molecule has 0 bridgehead atoms. The van der Waals surface area contributed by atoms with Crippen molar-refractivity contribution >= 4 is 11.6 Å². The molecule has 1 saturated heterocycles. The van der Waals surface area contributed by atoms with Crippen LogP contribution in [0.15, 0.2) is 36.4 Å². The molecule has 1 amide bonds. The van der Waals surface area contributed by atoms with Gasteiger partial charge in [-0.05, 0) is 67.5 Å². The van der Waals surface area contributed by atoms with Crippen LogP contribution in [0.3, 0.4) is 0 Å². The van der Waals surface area contributed by atoms with Gasteiger partial charge in [0.2, 0.25) is 0 Å². The number of carbonyl (C=O) groups is 1. The van der Waals surface area contributed by atoms with Gasteiger partial charge in [0.1, 0.15) is 6.61 Å². The van der Waals surface area contributed by atoms with Crippen LogP contribution in [0.4, 0.5) is 5.69 Å². The molecule has 0 saturated carbocycles. The number of aryl methyl sites for hydroxylation is 2. The summed E-state index contributed by atoms with van der Waals surface area (Å²) in [6, 6.07) is 12.1. The van der Waals surface area contributed by atoms with Crippen LogP contribution in [-0.2, 0) is 11.3 Å². The molecule has 7 nitrogen and oxygen atoms in total. The molecule has 3 aromatic rings. The van der Waals surface area contributed by atoms with E-state index in [4.69, 9.17) is 10.5 Å². The number of methoxy groups -OCH3 is 1. The number of aromatic nitrogens is 3. The number of anilines is 1. The number of nitrogens with one attached hydrogen (secondary N) is 1. The molecule has 1 aliphatic heterocycles. The molecule has 1 aliphatic rings. The number of hydrogen-bond acceptors (Lipinski definition) is 5. The van der Waals surface area contributed by atoms with E-state index in [1.54, 1.807) is 7.11 Å². The lowest BCUT2D eigenvalue weighted by Crippen LogP contribution is -2.38. The van der Waals surface area contributed by atoms with Crippen LogP contribution < -0.4 is 5.73 Å². The van der Waals surface area contributed by atoms with E-state index in [0.717, 1.165) is 53.9 Å². The van der Waals surface area contributed by atoms with Crippen molar-refractivity contribution in [2.75, 3.05) is 25.9 Å². The first-order valence-corrected chi connectivity index (χ1v) is 10.6. The molecule has 162 valence electrons. The topological polar surface area (TPSA) is 97.1 Å². The summed E-state index contributed by atoms with van der Waals surface area (Å²) in [4.78, 5) is 18.5. The number of ether oxygens (including phenoxy) is 1. The average molecular weight is 420 g/mol. The van der Waals surface area contributed by atoms with Crippen LogP contribution in [0.1, 0.15) is 51.6 Å². The van der Waals surface area contributed by atoms with Gasteiger partial charge in [0, 0.05) is 37.0 Å². The van der Waals surface area contributed by atoms with Gasteiger partial charge in [0.15, 0.2) is 11.6 Å². The van der Waals surface area contributed by atoms with Crippen molar-refractivity contribution in [3.05, 3.63) is 64.5 Å². The summed E-state index contributed by atoms with van der Waals surface area (Å²) in [6.07, 6.45) is 1.91. The van der Waals surface area contributed by atoms with E-state index in [1.807, 2.05) is 43.0 Å². The Hall–Kier alpha value is -3.19. The molecule has 1 aromatic heterocycles. The molecular formula is C24H29N5O2. The van der Waals surface area contributed by atoms with Gasteiger partial charge in [-0.3, -0.25) is 4.79 Å². The number of nitrogen functional groups attached to an aromatic ring is 1. The van der Waals surface area contributed by atoms with Gasteiger partial charge in [0.05, 0.1) is 0 Å². The first-order chi connectivity index (χ1) is 15.0. The fourth-order valence-electron chi connectivity index (χ4n) is 4.31. The number of carbonyl (C=O) groups excluding carboxylic acids is 1. The molecule has 31 heavy (non-hydrogen) atoms. The number of aromatic amines is 1. The second-order valence-corrected chi connectivity index (χ2v) is 8.27. The van der Waals surface area contributed by atoms with Crippen LogP contribution in [0.25, 0.3) is 11.4 Å². The summed E-state index contributed by atoms with van der Waals surface area (Å²) in [5, 5.41) is 8.36. The standard InChI is InChI=1S/C24H29N5O2/c1-15-12-16(2)21(13-20(15)23-26-22(14-31-3)27-28-23)24(30)29-10-8-18(9-11-29)17-4-6-19(25)7-5-17/h4-7,12-13,18H,8-11,14,25H2,1-3H3,(H,26,27,28). The zero-order valence-electron chi connectivity index (χ0n) is 18.3. The smallest absolute Gasteiger partial charge is 0.254 e. The predicted molar refractivity (Wildman–Crippen MR) is 121 cm³/mol. The highest BCUT2D eigenvalue weighted by Gasteiger charge is 2.26. The summed E-state index contributed by atoms with van der Waals surface area (Å²) in [6.45, 7) is 5.87. The van der Waals surface area contributed by atoms with Crippen LogP contribution in [0.2, 0.25) is 0 Å². The van der Waals surface area contributed by atoms with E-state index in [0.29, 0.717) is 24.2 Å². The Morgan fingerprint density at radius 1 is 1.13 bits per heavy atom. The number of rotatable bonds is 5. The minimum atomic E-state index is 0.0751. The zero-order valence-corrected chi connectivity index (χ0v) is 18.3. The van der Waals surface area contributed by atoms with Gasteiger partial charge >= 0.3 is 0 Å². The molecule has 0 spiro atoms. The lowest BCUT2D eigenvalue weighted by molar-refractivity contribution is 0.0712. The maximum Gasteiger partial charge on any atom is 0.254 e. The van der Waals surface area contributed by atoms with Gasteiger partial charge in [-0.2, -0.15) is 0 Å². The van der Waals surface area contributed by atoms with E-state index < -0.39 is 0 Å². The molecule has 0 radical (unpaired) electrons. The molecule has 3 N–H and O–H groups in total. The maximum absolute atomic E-state index is 13.4. The highest BCUT2D eigenvalue weighted by molar-refractivity contribution is 5.97. The van der Waals surface area contributed by atoms with Crippen molar-refractivity contribution in [1.29, 1.82) is 0 Å². The number of amides is 1. The van der Waals surface area contributed by atoms with E-state index in [2.05, 4.69) is 27.3 Å². The Balaban J connectivity index is 1.51. The quantitative estimate of drug-likeness (QED) is 0.613. The molecule has 1 fully saturated rings. The number of nitrogens with zero attached hydrogens (tertiary/aromatic N) is 3. The number of piperidine rings is 1. The second kappa shape index (κ2) is 8.89. The van der Waals surface area contributed by atoms with Gasteiger partial charge < -0.3 is 20.4 Å². The lowest BCUT2D eigenvalue weighted by atomic mass is 9.89. The lowest BCUT2D eigenvalue weighted by Gasteiger charge is -2.32. The number of likely N-dealkylation sites (tertiary alicyclic amines) is 1. The summed E-state index contributed by atoms with van der Waals surface area (Å²) in [5.41, 5.74) is 11.5. The molecule has 7 heteroatoms. The average Bonchev–Trinajstić information content (AvgIpc) is 3.23. The Morgan fingerprint density at radius 2 is 1.84 bits per heavy atom. The van der Waals surface area contributed by atoms with E-state index in [1.165, 1.54) is 5.56 Å². The Labute approximate surface area is 182 Å². The first kappa shape index (κ1) is 21.1. The Kier molecular flexibility index (Phi) is 6.04. The molecule has 0 unspecified atom stereocenters. The predicted octanol–water partition coefficient (Wildman–Crippen LogP) is 3.84. The fourth-order valence-corrected chi connectivity index (χ4v) is 4.31. The summed E-state index contributed by atoms with van der Waals surface area (Å²) in [5.74, 6) is 1.86. The summed E-state index contributed by atoms with van der Waals surface area (Å²) in [7, 11) is 1.62. The third-order valence-corrected chi connectivity index (χ3v) is 6.06. The minimum Gasteiger partial charge on any atom is -0.399 e. The first-order valence-electron chi connectivity index (χ1n) is 10.6. The van der Waals surface area contributed by atoms with E-state index >= 15 is 0 Å². The van der Waals surface area contributed by atoms with Gasteiger partial charge in [-0.25, -0.2) is 0 Å². The molecule has 2 aromatic carbocycles. The Bertz CT molecular complexity index is 1070. The zero-order chi connectivity index (χ0) is 22.0. The van der Waals surface area contributed by atoms with E-state index in [-0.39, 0.29) is 5.91 Å². The third-order valence-electron chi connectivity index (χ3n) is 6.06. The second-order valence-electron chi connectivity index (χ2n) is 8.27. The largest absolute Gasteiger partial charge is 0.399 e. The minimum absolute atomic E-state index is 0.0751. The van der Waals surface area contributed by atoms with Crippen molar-refractivity contribution in [3.8, 4) is 11.4 Å². The van der Waals surface area contributed by atoms with E-state index in [9.17, 15) is 4.79 Å². The van der Waals surface area contributed by atoms with Crippen molar-refractivity contribution < 1.29 is 9.53 Å². The van der Waals surface area contributed by atoms with Gasteiger partial charge in [0.25, 0.3) is 5.91 Å². The number of hydrogen-bond donors (Lipinski definition) is 2. The third kappa shape index (κ3) is 4.46. The van der Waals surface area contributed by atoms with Crippen molar-refractivity contribution in [3.63, 3.8) is 0 Å². The molecule has 4 rings (SSSR count). The Morgan fingerprint density at radius 3 is 2.52 bits per heavy atom. The van der Waals surface area contributed by atoms with Gasteiger partial charge in [-0.15, -0.1) is 10.2 Å². The van der Waals surface area contributed by atoms with Crippen molar-refractivity contribution in [2.45, 2.75) is 39.2 Å². The monoisotopic (exact) mass is 419 g/mol. The van der Waals surface area contributed by atoms with Gasteiger partial charge in [-0.1, -0.05) is 18.2 Å². The molecular weight excluding hydrogens is 390 g/mol. The van der Waals surface area contributed by atoms with Crippen molar-refractivity contribution in [2.24, 2.45) is 0 Å². The van der Waals surface area contributed by atoms with Crippen LogP contribution in [-0.4, -0.2) is 46.2 Å². The van der Waals surface area contributed by atoms with Crippen LogP contribution >= 0.6 is 0 Å². The maximum atomic E-state index is 13.4. The van der Waals surface area contributed by atoms with Crippen LogP contribution in [0, 0.1) is 13.8 Å². The molecule has 0 atom stereocenters. The molecule has 0 aliphatic carbocycles. The van der Waals surface area contributed by atoms with Crippen LogP contribution in [0.5, 0.6) is 0 Å². The highest BCUT2D eigenvalue weighted by atomic mass is 16.5. The highest BCUT2D eigenvalue weighted by Crippen LogP contribution is 2.30. The number of H-pyrrole nitrogens is 1. The fraction of sp³-hybridized carbons (Fsp3) is 0.375. The number of benzene rings is 2.